The Morgan fingerprint density at radius 1 is 1.03 bits per heavy atom. The molecular weight excluding hydrogens is 412 g/mol. The smallest absolute Gasteiger partial charge is 0.222 e. The highest BCUT2D eigenvalue weighted by Crippen LogP contribution is 2.55. The van der Waals surface area contributed by atoms with Crippen LogP contribution in [0.4, 0.5) is 0 Å². The van der Waals surface area contributed by atoms with Gasteiger partial charge in [-0.2, -0.15) is 0 Å². The molecule has 0 aromatic heterocycles. The number of piperidine rings is 1. The maximum Gasteiger partial charge on any atom is 0.222 e. The van der Waals surface area contributed by atoms with Crippen molar-refractivity contribution in [2.24, 2.45) is 11.3 Å². The first-order valence-electron chi connectivity index (χ1n) is 13.4. The van der Waals surface area contributed by atoms with E-state index < -0.39 is 0 Å². The molecule has 5 rings (SSSR count). The van der Waals surface area contributed by atoms with E-state index in [2.05, 4.69) is 41.8 Å². The second-order valence-corrected chi connectivity index (χ2v) is 11.5. The number of amides is 1. The largest absolute Gasteiger partial charge is 0.487 e. The van der Waals surface area contributed by atoms with Crippen molar-refractivity contribution in [2.75, 3.05) is 39.3 Å². The Labute approximate surface area is 199 Å². The number of benzene rings is 1. The van der Waals surface area contributed by atoms with Gasteiger partial charge in [-0.25, -0.2) is 0 Å². The Morgan fingerprint density at radius 3 is 2.52 bits per heavy atom. The number of hydrogen-bond donors (Lipinski definition) is 0. The van der Waals surface area contributed by atoms with E-state index in [-0.39, 0.29) is 17.1 Å². The van der Waals surface area contributed by atoms with E-state index in [9.17, 15) is 4.79 Å². The van der Waals surface area contributed by atoms with Crippen molar-refractivity contribution in [1.29, 1.82) is 0 Å². The van der Waals surface area contributed by atoms with Gasteiger partial charge in [0.1, 0.15) is 11.4 Å². The van der Waals surface area contributed by atoms with Crippen LogP contribution in [0.3, 0.4) is 0 Å². The van der Waals surface area contributed by atoms with Crippen LogP contribution < -0.4 is 4.74 Å². The lowest BCUT2D eigenvalue weighted by Gasteiger charge is -2.54. The molecule has 0 saturated carbocycles. The number of hydrogen-bond acceptors (Lipinski definition) is 4. The minimum Gasteiger partial charge on any atom is -0.487 e. The third-order valence-electron chi connectivity index (χ3n) is 8.82. The Kier molecular flexibility index (Phi) is 6.72. The molecule has 0 bridgehead atoms. The molecular formula is C28H42N2O3. The van der Waals surface area contributed by atoms with Crippen LogP contribution >= 0.6 is 0 Å². The highest BCUT2D eigenvalue weighted by Gasteiger charge is 2.52. The first-order chi connectivity index (χ1) is 16.0. The molecule has 1 aromatic carbocycles. The van der Waals surface area contributed by atoms with E-state index in [0.29, 0.717) is 18.2 Å². The Balaban J connectivity index is 1.14. The predicted octanol–water partition coefficient (Wildman–Crippen LogP) is 5.20. The fourth-order valence-electron chi connectivity index (χ4n) is 6.65. The third-order valence-corrected chi connectivity index (χ3v) is 8.82. The van der Waals surface area contributed by atoms with Gasteiger partial charge in [-0.05, 0) is 83.5 Å². The molecule has 4 aliphatic rings. The molecule has 1 amide bonds. The SMILES string of the molecule is CC1(C)Oc2ccccc2[C@H]2OCC3(CCN(C(=O)CCCN4CCCCCC4)CC3)C[C@@H]21. The number of likely N-dealkylation sites (tertiary alicyclic amines) is 2. The van der Waals surface area contributed by atoms with Gasteiger partial charge in [0.15, 0.2) is 0 Å². The molecule has 1 aromatic rings. The van der Waals surface area contributed by atoms with Crippen LogP contribution in [-0.2, 0) is 9.53 Å². The number of nitrogens with zero attached hydrogens (tertiary/aromatic N) is 2. The Bertz CT molecular complexity index is 822. The molecule has 182 valence electrons. The van der Waals surface area contributed by atoms with E-state index in [1.54, 1.807) is 0 Å². The van der Waals surface area contributed by atoms with Gasteiger partial charge in [0.2, 0.25) is 5.91 Å². The van der Waals surface area contributed by atoms with Crippen molar-refractivity contribution in [3.8, 4) is 5.75 Å². The average molecular weight is 455 g/mol. The summed E-state index contributed by atoms with van der Waals surface area (Å²) in [4.78, 5) is 17.6. The molecule has 0 radical (unpaired) electrons. The second-order valence-electron chi connectivity index (χ2n) is 11.5. The average Bonchev–Trinajstić information content (AvgIpc) is 3.08. The molecule has 3 fully saturated rings. The molecule has 0 aliphatic carbocycles. The number of carbonyl (C=O) groups is 1. The summed E-state index contributed by atoms with van der Waals surface area (Å²) in [6.45, 7) is 10.5. The Hall–Kier alpha value is -1.59. The number of rotatable bonds is 4. The second kappa shape index (κ2) is 9.58. The van der Waals surface area contributed by atoms with Crippen molar-refractivity contribution in [3.63, 3.8) is 0 Å². The van der Waals surface area contributed by atoms with Crippen molar-refractivity contribution >= 4 is 5.91 Å². The standard InChI is InChI=1S/C28H42N2O3/c1-27(2)23-20-28(21-32-26(23)22-10-5-6-11-24(22)33-27)13-18-30(19-14-28)25(31)12-9-17-29-15-7-3-4-8-16-29/h5-6,10-11,23,26H,3-4,7-9,12-21H2,1-2H3/t23-,26+/m0/s1. The van der Waals surface area contributed by atoms with Crippen LogP contribution in [0, 0.1) is 11.3 Å². The lowest BCUT2D eigenvalue weighted by atomic mass is 9.64. The Morgan fingerprint density at radius 2 is 1.76 bits per heavy atom. The van der Waals surface area contributed by atoms with Crippen molar-refractivity contribution < 1.29 is 14.3 Å². The summed E-state index contributed by atoms with van der Waals surface area (Å²) in [6.07, 6.45) is 10.4. The van der Waals surface area contributed by atoms with Crippen molar-refractivity contribution in [2.45, 2.75) is 83.3 Å². The number of carbonyl (C=O) groups excluding carboxylic acids is 1. The first-order valence-corrected chi connectivity index (χ1v) is 13.4. The van der Waals surface area contributed by atoms with Gasteiger partial charge >= 0.3 is 0 Å². The van der Waals surface area contributed by atoms with Crippen molar-refractivity contribution in [1.82, 2.24) is 9.80 Å². The summed E-state index contributed by atoms with van der Waals surface area (Å²) in [7, 11) is 0. The zero-order valence-electron chi connectivity index (χ0n) is 20.7. The lowest BCUT2D eigenvalue weighted by Crippen LogP contribution is -2.54. The van der Waals surface area contributed by atoms with Crippen molar-refractivity contribution in [3.05, 3.63) is 29.8 Å². The van der Waals surface area contributed by atoms with Gasteiger partial charge in [0.25, 0.3) is 0 Å². The highest BCUT2D eigenvalue weighted by molar-refractivity contribution is 5.76. The molecule has 33 heavy (non-hydrogen) atoms. The topological polar surface area (TPSA) is 42.0 Å². The predicted molar refractivity (Wildman–Crippen MR) is 130 cm³/mol. The van der Waals surface area contributed by atoms with Crippen LogP contribution in [0.5, 0.6) is 5.75 Å². The molecule has 5 nitrogen and oxygen atoms in total. The van der Waals surface area contributed by atoms with Crippen LogP contribution in [-0.4, -0.2) is 60.6 Å². The van der Waals surface area contributed by atoms with Crippen LogP contribution in [0.15, 0.2) is 24.3 Å². The van der Waals surface area contributed by atoms with Gasteiger partial charge in [-0.15, -0.1) is 0 Å². The summed E-state index contributed by atoms with van der Waals surface area (Å²) in [5, 5.41) is 0. The summed E-state index contributed by atoms with van der Waals surface area (Å²) < 4.78 is 13.0. The minimum absolute atomic E-state index is 0.120. The fourth-order valence-corrected chi connectivity index (χ4v) is 6.65. The fraction of sp³-hybridized carbons (Fsp3) is 0.750. The molecule has 1 spiro atoms. The monoisotopic (exact) mass is 454 g/mol. The van der Waals surface area contributed by atoms with E-state index >= 15 is 0 Å². The molecule has 4 aliphatic heterocycles. The van der Waals surface area contributed by atoms with E-state index in [1.165, 1.54) is 44.3 Å². The van der Waals surface area contributed by atoms with Gasteiger partial charge in [-0.1, -0.05) is 31.0 Å². The highest BCUT2D eigenvalue weighted by atomic mass is 16.5. The summed E-state index contributed by atoms with van der Waals surface area (Å²) in [6, 6.07) is 8.35. The molecule has 2 atom stereocenters. The quantitative estimate of drug-likeness (QED) is 0.627. The van der Waals surface area contributed by atoms with Gasteiger partial charge < -0.3 is 19.3 Å². The maximum absolute atomic E-state index is 12.9. The van der Waals surface area contributed by atoms with E-state index in [1.807, 2.05) is 6.07 Å². The van der Waals surface area contributed by atoms with E-state index in [0.717, 1.165) is 57.7 Å². The van der Waals surface area contributed by atoms with E-state index in [4.69, 9.17) is 9.47 Å². The molecule has 3 saturated heterocycles. The maximum atomic E-state index is 12.9. The molecule has 4 heterocycles. The summed E-state index contributed by atoms with van der Waals surface area (Å²) in [5.74, 6) is 1.67. The zero-order chi connectivity index (χ0) is 22.9. The first kappa shape index (κ1) is 23.2. The lowest BCUT2D eigenvalue weighted by molar-refractivity contribution is -0.176. The normalized spacial score (nSPS) is 29.0. The minimum atomic E-state index is -0.243. The van der Waals surface area contributed by atoms with Crippen LogP contribution in [0.2, 0.25) is 0 Å². The molecule has 0 unspecified atom stereocenters. The summed E-state index contributed by atoms with van der Waals surface area (Å²) in [5.41, 5.74) is 1.14. The van der Waals surface area contributed by atoms with Gasteiger partial charge in [-0.3, -0.25) is 4.79 Å². The van der Waals surface area contributed by atoms with Gasteiger partial charge in [0, 0.05) is 31.0 Å². The van der Waals surface area contributed by atoms with Crippen LogP contribution in [0.25, 0.3) is 0 Å². The zero-order valence-corrected chi connectivity index (χ0v) is 20.7. The molecule has 5 heteroatoms. The summed E-state index contributed by atoms with van der Waals surface area (Å²) >= 11 is 0. The number of fused-ring (bicyclic) bond motifs is 3. The van der Waals surface area contributed by atoms with Gasteiger partial charge in [0.05, 0.1) is 12.7 Å². The number of ether oxygens (including phenoxy) is 2. The third kappa shape index (κ3) is 4.95. The number of para-hydroxylation sites is 1. The molecule has 0 N–H and O–H groups in total. The van der Waals surface area contributed by atoms with Crippen LogP contribution in [0.1, 0.15) is 83.3 Å².